The molecule has 8 heteroatoms. The molecule has 0 bridgehead atoms. The molecule has 2 aliphatic heterocycles. The van der Waals surface area contributed by atoms with Crippen molar-refractivity contribution < 1.29 is 14.4 Å². The average molecular weight is 373 g/mol. The summed E-state index contributed by atoms with van der Waals surface area (Å²) in [4.78, 5) is 43.8. The van der Waals surface area contributed by atoms with Crippen LogP contribution >= 0.6 is 0 Å². The fourth-order valence-corrected chi connectivity index (χ4v) is 3.90. The number of carbonyl (C=O) groups excluding carboxylic acids is 3. The van der Waals surface area contributed by atoms with Crippen LogP contribution in [0.1, 0.15) is 19.3 Å². The van der Waals surface area contributed by atoms with Crippen molar-refractivity contribution in [2.45, 2.75) is 31.3 Å². The number of carbonyl (C=O) groups is 3. The Balaban J connectivity index is 1.84. The summed E-state index contributed by atoms with van der Waals surface area (Å²) in [5, 5.41) is 0. The molecule has 0 saturated carbocycles. The summed E-state index contributed by atoms with van der Waals surface area (Å²) in [6, 6.07) is 6.11. The van der Waals surface area contributed by atoms with E-state index in [1.165, 1.54) is 4.90 Å². The Bertz CT molecular complexity index is 733. The van der Waals surface area contributed by atoms with E-state index in [9.17, 15) is 14.4 Å². The van der Waals surface area contributed by atoms with E-state index < -0.39 is 11.9 Å². The lowest BCUT2D eigenvalue weighted by atomic mass is 9.97. The minimum atomic E-state index is -0.656. The molecule has 1 unspecified atom stereocenters. The molecule has 0 aliphatic carbocycles. The minimum absolute atomic E-state index is 0.0304. The van der Waals surface area contributed by atoms with E-state index in [1.54, 1.807) is 41.1 Å². The molecule has 146 valence electrons. The van der Waals surface area contributed by atoms with Crippen LogP contribution in [0.5, 0.6) is 0 Å². The minimum Gasteiger partial charge on any atom is -0.368 e. The van der Waals surface area contributed by atoms with Crippen LogP contribution in [0.25, 0.3) is 0 Å². The summed E-state index contributed by atoms with van der Waals surface area (Å²) in [6.07, 6.45) is 2.72. The average Bonchev–Trinajstić information content (AvgIpc) is 2.94. The standard InChI is InChI=1S/C19H27N5O3/c1-21(2)12-16(25)22(3)13-7-9-14(10-8-13)24-17(18(20)26)15-6-4-5-11-23(15)19(24)27/h7-10,15,17H,4-6,11-12H2,1-3H3,(H2,20,26)/t15-,17?/m1/s1. The molecular formula is C19H27N5O3. The predicted molar refractivity (Wildman–Crippen MR) is 104 cm³/mol. The molecule has 0 radical (unpaired) electrons. The van der Waals surface area contributed by atoms with E-state index in [0.717, 1.165) is 24.9 Å². The number of rotatable bonds is 5. The number of urea groups is 1. The first-order chi connectivity index (χ1) is 12.8. The van der Waals surface area contributed by atoms with E-state index in [2.05, 4.69) is 0 Å². The first-order valence-corrected chi connectivity index (χ1v) is 9.21. The summed E-state index contributed by atoms with van der Waals surface area (Å²) < 4.78 is 0. The molecule has 4 amide bonds. The maximum absolute atomic E-state index is 12.9. The first-order valence-electron chi connectivity index (χ1n) is 9.21. The number of amides is 4. The molecule has 1 aromatic carbocycles. The van der Waals surface area contributed by atoms with E-state index in [1.807, 2.05) is 19.0 Å². The number of benzene rings is 1. The van der Waals surface area contributed by atoms with Crippen molar-refractivity contribution in [3.63, 3.8) is 0 Å². The summed E-state index contributed by atoms with van der Waals surface area (Å²) in [7, 11) is 5.40. The number of piperidine rings is 1. The molecule has 2 fully saturated rings. The van der Waals surface area contributed by atoms with Crippen LogP contribution in [0.15, 0.2) is 24.3 Å². The Morgan fingerprint density at radius 1 is 1.15 bits per heavy atom. The van der Waals surface area contributed by atoms with Crippen LogP contribution in [-0.4, -0.2) is 74.0 Å². The third-order valence-corrected chi connectivity index (χ3v) is 5.28. The number of nitrogens with zero attached hydrogens (tertiary/aromatic N) is 4. The second-order valence-corrected chi connectivity index (χ2v) is 7.46. The summed E-state index contributed by atoms with van der Waals surface area (Å²) in [5.41, 5.74) is 6.99. The highest BCUT2D eigenvalue weighted by atomic mass is 16.2. The van der Waals surface area contributed by atoms with Gasteiger partial charge < -0.3 is 20.4 Å². The molecule has 27 heavy (non-hydrogen) atoms. The fourth-order valence-electron chi connectivity index (χ4n) is 3.90. The lowest BCUT2D eigenvalue weighted by Gasteiger charge is -2.29. The van der Waals surface area contributed by atoms with Gasteiger partial charge in [-0.3, -0.25) is 14.5 Å². The van der Waals surface area contributed by atoms with Gasteiger partial charge in [-0.1, -0.05) is 0 Å². The fraction of sp³-hybridized carbons (Fsp3) is 0.526. The van der Waals surface area contributed by atoms with Crippen LogP contribution in [0.2, 0.25) is 0 Å². The monoisotopic (exact) mass is 373 g/mol. The zero-order chi connectivity index (χ0) is 19.7. The van der Waals surface area contributed by atoms with Gasteiger partial charge in [0.05, 0.1) is 12.6 Å². The number of primary amides is 1. The van der Waals surface area contributed by atoms with Gasteiger partial charge in [0, 0.05) is 25.0 Å². The van der Waals surface area contributed by atoms with E-state index in [-0.39, 0.29) is 18.0 Å². The number of fused-ring (bicyclic) bond motifs is 1. The molecule has 2 heterocycles. The molecule has 0 aromatic heterocycles. The summed E-state index contributed by atoms with van der Waals surface area (Å²) in [5.74, 6) is -0.516. The van der Waals surface area contributed by atoms with Gasteiger partial charge in [0.2, 0.25) is 11.8 Å². The molecule has 2 N–H and O–H groups in total. The molecule has 8 nitrogen and oxygen atoms in total. The van der Waals surface area contributed by atoms with Gasteiger partial charge in [-0.2, -0.15) is 0 Å². The smallest absolute Gasteiger partial charge is 0.325 e. The van der Waals surface area contributed by atoms with Crippen LogP contribution in [0.3, 0.4) is 0 Å². The third kappa shape index (κ3) is 3.62. The second-order valence-electron chi connectivity index (χ2n) is 7.46. The van der Waals surface area contributed by atoms with E-state index in [4.69, 9.17) is 5.73 Å². The van der Waals surface area contributed by atoms with E-state index >= 15 is 0 Å². The van der Waals surface area contributed by atoms with E-state index in [0.29, 0.717) is 18.8 Å². The van der Waals surface area contributed by atoms with Crippen molar-refractivity contribution >= 4 is 29.2 Å². The maximum atomic E-state index is 12.9. The molecule has 3 rings (SSSR count). The van der Waals surface area contributed by atoms with Gasteiger partial charge in [-0.15, -0.1) is 0 Å². The van der Waals surface area contributed by atoms with Crippen LogP contribution in [0, 0.1) is 0 Å². The van der Waals surface area contributed by atoms with Gasteiger partial charge in [-0.05, 0) is 57.6 Å². The largest absolute Gasteiger partial charge is 0.368 e. The van der Waals surface area contributed by atoms with Crippen molar-refractivity contribution in [3.05, 3.63) is 24.3 Å². The van der Waals surface area contributed by atoms with Gasteiger partial charge in [0.1, 0.15) is 6.04 Å². The number of nitrogens with two attached hydrogens (primary N) is 1. The Labute approximate surface area is 159 Å². The van der Waals surface area contributed by atoms with Crippen LogP contribution in [0.4, 0.5) is 16.2 Å². The van der Waals surface area contributed by atoms with Crippen molar-refractivity contribution in [3.8, 4) is 0 Å². The Morgan fingerprint density at radius 2 is 1.81 bits per heavy atom. The molecule has 1 aromatic rings. The SMILES string of the molecule is CN(C)CC(=O)N(C)c1ccc(N2C(=O)N3CCCC[C@@H]3C2C(N)=O)cc1. The van der Waals surface area contributed by atoms with Crippen molar-refractivity contribution in [2.75, 3.05) is 44.0 Å². The lowest BCUT2D eigenvalue weighted by Crippen LogP contribution is -2.48. The van der Waals surface area contributed by atoms with Crippen LogP contribution < -0.4 is 15.5 Å². The van der Waals surface area contributed by atoms with Crippen molar-refractivity contribution in [2.24, 2.45) is 5.73 Å². The molecular weight excluding hydrogens is 346 g/mol. The lowest BCUT2D eigenvalue weighted by molar-refractivity contribution is -0.120. The highest BCUT2D eigenvalue weighted by molar-refractivity contribution is 6.04. The quantitative estimate of drug-likeness (QED) is 0.829. The normalized spacial score (nSPS) is 22.1. The Hall–Kier alpha value is -2.61. The van der Waals surface area contributed by atoms with Gasteiger partial charge in [0.25, 0.3) is 0 Å². The van der Waals surface area contributed by atoms with Gasteiger partial charge >= 0.3 is 6.03 Å². The Kier molecular flexibility index (Phi) is 5.36. The Morgan fingerprint density at radius 3 is 2.41 bits per heavy atom. The number of hydrogen-bond acceptors (Lipinski definition) is 4. The van der Waals surface area contributed by atoms with Gasteiger partial charge in [0.15, 0.2) is 0 Å². The zero-order valence-electron chi connectivity index (χ0n) is 16.1. The number of likely N-dealkylation sites (N-methyl/N-ethyl adjacent to an activating group) is 2. The predicted octanol–water partition coefficient (Wildman–Crippen LogP) is 0.859. The number of anilines is 2. The highest BCUT2D eigenvalue weighted by Crippen LogP contribution is 2.35. The second kappa shape index (κ2) is 7.56. The zero-order valence-corrected chi connectivity index (χ0v) is 16.1. The topological polar surface area (TPSA) is 90.2 Å². The molecule has 2 saturated heterocycles. The highest BCUT2D eigenvalue weighted by Gasteiger charge is 2.49. The third-order valence-electron chi connectivity index (χ3n) is 5.28. The summed E-state index contributed by atoms with van der Waals surface area (Å²) >= 11 is 0. The number of hydrogen-bond donors (Lipinski definition) is 1. The van der Waals surface area contributed by atoms with Crippen molar-refractivity contribution in [1.82, 2.24) is 9.80 Å². The summed E-state index contributed by atoms with van der Waals surface area (Å²) in [6.45, 7) is 0.965. The molecule has 0 spiro atoms. The van der Waals surface area contributed by atoms with Crippen LogP contribution in [-0.2, 0) is 9.59 Å². The van der Waals surface area contributed by atoms with Gasteiger partial charge in [-0.25, -0.2) is 4.79 Å². The maximum Gasteiger partial charge on any atom is 0.325 e. The molecule has 2 aliphatic rings. The van der Waals surface area contributed by atoms with Crippen molar-refractivity contribution in [1.29, 1.82) is 0 Å². The first kappa shape index (κ1) is 19.2. The molecule has 2 atom stereocenters.